The van der Waals surface area contributed by atoms with E-state index in [-0.39, 0.29) is 0 Å². The third-order valence-corrected chi connectivity index (χ3v) is 5.45. The largest absolute Gasteiger partial charge is 0.480 e. The van der Waals surface area contributed by atoms with E-state index < -0.39 is 12.0 Å². The Bertz CT molecular complexity index is 916. The van der Waals surface area contributed by atoms with Crippen LogP contribution in [0, 0.1) is 6.92 Å². The number of aromatic nitrogens is 2. The van der Waals surface area contributed by atoms with Crippen molar-refractivity contribution in [2.24, 2.45) is 0 Å². The smallest absolute Gasteiger partial charge is 0.321 e. The zero-order valence-electron chi connectivity index (χ0n) is 14.3. The molecular weight excluding hydrogens is 350 g/mol. The van der Waals surface area contributed by atoms with Gasteiger partial charge in [-0.25, -0.2) is 4.98 Å². The first kappa shape index (κ1) is 16.9. The van der Waals surface area contributed by atoms with Gasteiger partial charge < -0.3 is 14.5 Å². The molecule has 1 aliphatic heterocycles. The minimum Gasteiger partial charge on any atom is -0.480 e. The quantitative estimate of drug-likeness (QED) is 0.717. The molecule has 1 atom stereocenters. The summed E-state index contributed by atoms with van der Waals surface area (Å²) in [7, 11) is 0. The number of fused-ring (bicyclic) bond motifs is 1. The topological polar surface area (TPSA) is 82.4 Å². The fourth-order valence-corrected chi connectivity index (χ4v) is 3.91. The number of imidazole rings is 1. The number of hydrogen-bond acceptors (Lipinski definition) is 5. The van der Waals surface area contributed by atoms with Crippen molar-refractivity contribution in [2.75, 3.05) is 0 Å². The summed E-state index contributed by atoms with van der Waals surface area (Å²) < 4.78 is 5.92. The summed E-state index contributed by atoms with van der Waals surface area (Å²) in [6, 6.07) is 11.5. The minimum atomic E-state index is -0.834. The van der Waals surface area contributed by atoms with Crippen LogP contribution in [0.4, 0.5) is 0 Å². The molecular formula is C19H19N3O3S. The normalized spacial score (nSPS) is 17.2. The Morgan fingerprint density at radius 2 is 2.15 bits per heavy atom. The maximum atomic E-state index is 11.6. The van der Waals surface area contributed by atoms with E-state index in [1.807, 2.05) is 17.0 Å². The highest BCUT2D eigenvalue weighted by atomic mass is 32.2. The first-order valence-corrected chi connectivity index (χ1v) is 9.21. The Morgan fingerprint density at radius 1 is 1.35 bits per heavy atom. The van der Waals surface area contributed by atoms with E-state index in [0.717, 1.165) is 27.1 Å². The highest BCUT2D eigenvalue weighted by Gasteiger charge is 2.33. The van der Waals surface area contributed by atoms with Crippen LogP contribution in [0.15, 0.2) is 57.1 Å². The number of carboxylic acid groups (broad SMARTS) is 1. The van der Waals surface area contributed by atoms with Crippen molar-refractivity contribution in [1.29, 1.82) is 0 Å². The van der Waals surface area contributed by atoms with Crippen LogP contribution in [0.3, 0.4) is 0 Å². The SMILES string of the molecule is Cc1ccc(Sc2ccc(CN3Cc4[nH]cnc4C[C@H]3C(=O)O)o2)cc1. The Hall–Kier alpha value is -2.51. The molecule has 7 heteroatoms. The van der Waals surface area contributed by atoms with E-state index >= 15 is 0 Å². The fourth-order valence-electron chi connectivity index (χ4n) is 3.12. The second-order valence-corrected chi connectivity index (χ2v) is 7.50. The molecule has 0 saturated carbocycles. The predicted molar refractivity (Wildman–Crippen MR) is 97.0 cm³/mol. The molecule has 2 N–H and O–H groups in total. The second kappa shape index (κ2) is 7.01. The van der Waals surface area contributed by atoms with Gasteiger partial charge >= 0.3 is 5.97 Å². The van der Waals surface area contributed by atoms with Gasteiger partial charge in [0, 0.05) is 17.9 Å². The molecule has 0 bridgehead atoms. The number of carboxylic acids is 1. The molecule has 3 heterocycles. The number of aryl methyl sites for hydroxylation is 1. The Labute approximate surface area is 155 Å². The molecule has 1 aromatic carbocycles. The van der Waals surface area contributed by atoms with Crippen LogP contribution in [0.25, 0.3) is 0 Å². The molecule has 6 nitrogen and oxygen atoms in total. The lowest BCUT2D eigenvalue weighted by molar-refractivity contribution is -0.144. The van der Waals surface area contributed by atoms with Crippen molar-refractivity contribution in [3.63, 3.8) is 0 Å². The summed E-state index contributed by atoms with van der Waals surface area (Å²) in [6.45, 7) is 3.03. The van der Waals surface area contributed by atoms with Gasteiger partial charge in [0.15, 0.2) is 5.09 Å². The van der Waals surface area contributed by atoms with Crippen molar-refractivity contribution in [3.05, 3.63) is 65.4 Å². The molecule has 0 spiro atoms. The van der Waals surface area contributed by atoms with E-state index in [1.165, 1.54) is 5.56 Å². The highest BCUT2D eigenvalue weighted by molar-refractivity contribution is 7.99. The first-order valence-electron chi connectivity index (χ1n) is 8.39. The van der Waals surface area contributed by atoms with Crippen molar-refractivity contribution in [2.45, 2.75) is 42.5 Å². The first-order chi connectivity index (χ1) is 12.6. The Balaban J connectivity index is 1.47. The van der Waals surface area contributed by atoms with Crippen LogP contribution >= 0.6 is 11.8 Å². The maximum absolute atomic E-state index is 11.6. The number of aromatic amines is 1. The van der Waals surface area contributed by atoms with Gasteiger partial charge in [0.05, 0.1) is 24.3 Å². The lowest BCUT2D eigenvalue weighted by Gasteiger charge is -2.31. The van der Waals surface area contributed by atoms with Gasteiger partial charge in [-0.15, -0.1) is 0 Å². The molecule has 2 aromatic heterocycles. The summed E-state index contributed by atoms with van der Waals surface area (Å²) >= 11 is 1.56. The molecule has 0 aliphatic carbocycles. The predicted octanol–water partition coefficient (Wildman–Crippen LogP) is 3.47. The monoisotopic (exact) mass is 369 g/mol. The molecule has 0 unspecified atom stereocenters. The number of aliphatic carboxylic acids is 1. The second-order valence-electron chi connectivity index (χ2n) is 6.43. The number of nitrogens with zero attached hydrogens (tertiary/aromatic N) is 2. The Morgan fingerprint density at radius 3 is 2.92 bits per heavy atom. The third kappa shape index (κ3) is 3.54. The molecule has 0 amide bonds. The van der Waals surface area contributed by atoms with Crippen LogP contribution < -0.4 is 0 Å². The van der Waals surface area contributed by atoms with E-state index in [1.54, 1.807) is 18.1 Å². The van der Waals surface area contributed by atoms with Gasteiger partial charge in [-0.1, -0.05) is 29.5 Å². The van der Waals surface area contributed by atoms with Crippen LogP contribution in [-0.2, 0) is 24.3 Å². The number of nitrogens with one attached hydrogen (secondary N) is 1. The van der Waals surface area contributed by atoms with E-state index in [0.29, 0.717) is 19.5 Å². The average Bonchev–Trinajstić information content (AvgIpc) is 3.25. The third-order valence-electron chi connectivity index (χ3n) is 4.52. The van der Waals surface area contributed by atoms with E-state index in [4.69, 9.17) is 4.42 Å². The standard InChI is InChI=1S/C19H19N3O3S/c1-12-2-5-14(6-3-12)26-18-7-4-13(25-18)9-22-10-16-15(20-11-21-16)8-17(22)19(23)24/h2-7,11,17H,8-10H2,1H3,(H,20,21)(H,23,24)/t17-/m0/s1. The molecule has 1 aliphatic rings. The zero-order chi connectivity index (χ0) is 18.1. The molecule has 0 fully saturated rings. The summed E-state index contributed by atoms with van der Waals surface area (Å²) in [5.74, 6) is -0.0757. The number of H-pyrrole nitrogens is 1. The number of carbonyl (C=O) groups is 1. The Kier molecular flexibility index (Phi) is 4.57. The molecule has 26 heavy (non-hydrogen) atoms. The fraction of sp³-hybridized carbons (Fsp3) is 0.263. The maximum Gasteiger partial charge on any atom is 0.321 e. The van der Waals surface area contributed by atoms with Gasteiger partial charge in [-0.05, 0) is 31.2 Å². The van der Waals surface area contributed by atoms with Gasteiger partial charge in [0.1, 0.15) is 11.8 Å². The van der Waals surface area contributed by atoms with Crippen molar-refractivity contribution in [1.82, 2.24) is 14.9 Å². The summed E-state index contributed by atoms with van der Waals surface area (Å²) in [5, 5.41) is 10.4. The number of benzene rings is 1. The molecule has 4 rings (SSSR count). The van der Waals surface area contributed by atoms with Gasteiger partial charge in [0.25, 0.3) is 0 Å². The van der Waals surface area contributed by atoms with Gasteiger partial charge in [-0.3, -0.25) is 9.69 Å². The average molecular weight is 369 g/mol. The van der Waals surface area contributed by atoms with Crippen LogP contribution in [0.1, 0.15) is 22.7 Å². The minimum absolute atomic E-state index is 0.403. The number of furan rings is 1. The number of hydrogen-bond donors (Lipinski definition) is 2. The van der Waals surface area contributed by atoms with Crippen LogP contribution in [0.2, 0.25) is 0 Å². The molecule has 134 valence electrons. The van der Waals surface area contributed by atoms with Crippen molar-refractivity contribution < 1.29 is 14.3 Å². The van der Waals surface area contributed by atoms with E-state index in [2.05, 4.69) is 41.2 Å². The lowest BCUT2D eigenvalue weighted by atomic mass is 10.0. The molecule has 0 saturated heterocycles. The van der Waals surface area contributed by atoms with Crippen molar-refractivity contribution in [3.8, 4) is 0 Å². The number of rotatable bonds is 5. The van der Waals surface area contributed by atoms with Crippen molar-refractivity contribution >= 4 is 17.7 Å². The summed E-state index contributed by atoms with van der Waals surface area (Å²) in [5.41, 5.74) is 3.03. The molecule has 0 radical (unpaired) electrons. The van der Waals surface area contributed by atoms with E-state index in [9.17, 15) is 9.90 Å². The lowest BCUT2D eigenvalue weighted by Crippen LogP contribution is -2.45. The van der Waals surface area contributed by atoms with Gasteiger partial charge in [-0.2, -0.15) is 0 Å². The molecule has 3 aromatic rings. The zero-order valence-corrected chi connectivity index (χ0v) is 15.1. The van der Waals surface area contributed by atoms with Crippen LogP contribution in [0.5, 0.6) is 0 Å². The highest BCUT2D eigenvalue weighted by Crippen LogP contribution is 2.30. The summed E-state index contributed by atoms with van der Waals surface area (Å²) in [4.78, 5) is 22.0. The van der Waals surface area contributed by atoms with Crippen LogP contribution in [-0.4, -0.2) is 32.0 Å². The summed E-state index contributed by atoms with van der Waals surface area (Å²) in [6.07, 6.45) is 2.02. The van der Waals surface area contributed by atoms with Gasteiger partial charge in [0.2, 0.25) is 0 Å².